The van der Waals surface area contributed by atoms with Crippen molar-refractivity contribution in [2.24, 2.45) is 0 Å². The fraction of sp³-hybridized carbons (Fsp3) is 0.360. The van der Waals surface area contributed by atoms with Crippen LogP contribution in [0.4, 0.5) is 4.39 Å². The van der Waals surface area contributed by atoms with E-state index < -0.39 is 0 Å². The van der Waals surface area contributed by atoms with E-state index in [2.05, 4.69) is 0 Å². The molecule has 1 aliphatic rings. The molecule has 0 bridgehead atoms. The van der Waals surface area contributed by atoms with Gasteiger partial charge in [-0.2, -0.15) is 0 Å². The first-order chi connectivity index (χ1) is 15.4. The summed E-state index contributed by atoms with van der Waals surface area (Å²) >= 11 is 5.94. The Balaban J connectivity index is 1.59. The molecule has 0 aliphatic heterocycles. The van der Waals surface area contributed by atoms with Gasteiger partial charge < -0.3 is 14.2 Å². The summed E-state index contributed by atoms with van der Waals surface area (Å²) in [6, 6.07) is 11.9. The fourth-order valence-corrected chi connectivity index (χ4v) is 4.68. The van der Waals surface area contributed by atoms with Crippen molar-refractivity contribution in [1.82, 2.24) is 9.47 Å². The van der Waals surface area contributed by atoms with Crippen LogP contribution < -0.4 is 0 Å². The minimum atomic E-state index is -0.317. The Hall–Kier alpha value is -2.86. The molecule has 0 radical (unpaired) electrons. The molecule has 5 nitrogen and oxygen atoms in total. The van der Waals surface area contributed by atoms with Crippen LogP contribution in [-0.2, 0) is 40.1 Å². The van der Waals surface area contributed by atoms with Crippen molar-refractivity contribution in [2.75, 3.05) is 13.7 Å². The first kappa shape index (κ1) is 22.3. The van der Waals surface area contributed by atoms with Gasteiger partial charge in [-0.1, -0.05) is 23.7 Å². The van der Waals surface area contributed by atoms with Crippen LogP contribution in [-0.4, -0.2) is 41.0 Å². The van der Waals surface area contributed by atoms with E-state index >= 15 is 0 Å². The third kappa shape index (κ3) is 4.51. The van der Waals surface area contributed by atoms with Crippen molar-refractivity contribution in [2.45, 2.75) is 45.2 Å². The highest BCUT2D eigenvalue weighted by molar-refractivity contribution is 6.30. The third-order valence-corrected chi connectivity index (χ3v) is 6.46. The summed E-state index contributed by atoms with van der Waals surface area (Å²) in [7, 11) is 1.83. The van der Waals surface area contributed by atoms with Crippen molar-refractivity contribution in [3.63, 3.8) is 0 Å². The highest BCUT2D eigenvalue weighted by Gasteiger charge is 2.30. The van der Waals surface area contributed by atoms with Crippen molar-refractivity contribution in [3.8, 4) is 0 Å². The zero-order valence-corrected chi connectivity index (χ0v) is 19.0. The van der Waals surface area contributed by atoms with Crippen LogP contribution in [0.3, 0.4) is 0 Å². The molecule has 0 spiro atoms. The Kier molecular flexibility index (Phi) is 6.51. The predicted molar refractivity (Wildman–Crippen MR) is 122 cm³/mol. The molecule has 0 N–H and O–H groups in total. The van der Waals surface area contributed by atoms with Gasteiger partial charge in [-0.05, 0) is 67.6 Å². The van der Waals surface area contributed by atoms with Gasteiger partial charge in [0.05, 0.1) is 13.0 Å². The molecule has 1 heterocycles. The van der Waals surface area contributed by atoms with Crippen LogP contribution >= 0.6 is 11.6 Å². The van der Waals surface area contributed by atoms with Crippen molar-refractivity contribution < 1.29 is 18.7 Å². The lowest BCUT2D eigenvalue weighted by molar-refractivity contribution is -0.143. The first-order valence-corrected chi connectivity index (χ1v) is 11.2. The van der Waals surface area contributed by atoms with Gasteiger partial charge in [0.1, 0.15) is 12.4 Å². The van der Waals surface area contributed by atoms with Crippen LogP contribution in [0.25, 0.3) is 10.9 Å². The molecular weight excluding hydrogens is 431 g/mol. The molecule has 1 aromatic heterocycles. The number of esters is 1. The Morgan fingerprint density at radius 1 is 1.22 bits per heavy atom. The standard InChI is InChI=1S/C25H26ClFN2O3/c1-3-32-25(31)15-29-22-10-8-18(27)13-20(22)21-14-19(9-11-23(21)29)28(2)24(30)12-16-4-6-17(26)7-5-16/h4-8,10,13,19H,3,9,11-12,14-15H2,1-2H3/t19-/m0/s1. The number of rotatable bonds is 6. The molecule has 0 saturated heterocycles. The summed E-state index contributed by atoms with van der Waals surface area (Å²) in [4.78, 5) is 26.9. The van der Waals surface area contributed by atoms with E-state index in [-0.39, 0.29) is 30.3 Å². The van der Waals surface area contributed by atoms with E-state index in [1.807, 2.05) is 23.7 Å². The average molecular weight is 457 g/mol. The molecular formula is C25H26ClFN2O3. The summed E-state index contributed by atoms with van der Waals surface area (Å²) in [6.07, 6.45) is 2.40. The number of hydrogen-bond donors (Lipinski definition) is 0. The minimum absolute atomic E-state index is 0.00668. The van der Waals surface area contributed by atoms with Crippen molar-refractivity contribution >= 4 is 34.4 Å². The number of ether oxygens (including phenoxy) is 1. The predicted octanol–water partition coefficient (Wildman–Crippen LogP) is 4.56. The van der Waals surface area contributed by atoms with E-state index in [4.69, 9.17) is 16.3 Å². The largest absolute Gasteiger partial charge is 0.465 e. The number of carbonyl (C=O) groups is 2. The minimum Gasteiger partial charge on any atom is -0.465 e. The van der Waals surface area contributed by atoms with E-state index in [9.17, 15) is 14.0 Å². The summed E-state index contributed by atoms with van der Waals surface area (Å²) in [6.45, 7) is 2.19. The SMILES string of the molecule is CCOC(=O)Cn1c2c(c3cc(F)ccc31)C[C@@H](N(C)C(=O)Cc1ccc(Cl)cc1)CC2. The fourth-order valence-electron chi connectivity index (χ4n) is 4.56. The van der Waals surface area contributed by atoms with E-state index in [1.54, 1.807) is 30.0 Å². The molecule has 4 rings (SSSR count). The molecule has 1 atom stereocenters. The lowest BCUT2D eigenvalue weighted by Crippen LogP contribution is -2.41. The van der Waals surface area contributed by atoms with Gasteiger partial charge in [0, 0.05) is 34.7 Å². The Morgan fingerprint density at radius 2 is 1.97 bits per heavy atom. The number of aromatic nitrogens is 1. The second-order valence-corrected chi connectivity index (χ2v) is 8.62. The maximum Gasteiger partial charge on any atom is 0.325 e. The number of hydrogen-bond acceptors (Lipinski definition) is 3. The summed E-state index contributed by atoms with van der Waals surface area (Å²) in [5.41, 5.74) is 3.76. The summed E-state index contributed by atoms with van der Waals surface area (Å²) < 4.78 is 21.2. The topological polar surface area (TPSA) is 51.5 Å². The molecule has 0 unspecified atom stereocenters. The molecule has 32 heavy (non-hydrogen) atoms. The zero-order chi connectivity index (χ0) is 22.8. The third-order valence-electron chi connectivity index (χ3n) is 6.21. The summed E-state index contributed by atoms with van der Waals surface area (Å²) in [5.74, 6) is -0.598. The van der Waals surface area contributed by atoms with Gasteiger partial charge in [-0.15, -0.1) is 0 Å². The second kappa shape index (κ2) is 9.33. The van der Waals surface area contributed by atoms with Crippen LogP contribution in [0.15, 0.2) is 42.5 Å². The maximum absolute atomic E-state index is 14.1. The molecule has 7 heteroatoms. The van der Waals surface area contributed by atoms with Gasteiger partial charge in [-0.25, -0.2) is 4.39 Å². The molecule has 0 fully saturated rings. The molecule has 168 valence electrons. The molecule has 2 aromatic carbocycles. The van der Waals surface area contributed by atoms with Crippen molar-refractivity contribution in [1.29, 1.82) is 0 Å². The smallest absolute Gasteiger partial charge is 0.325 e. The van der Waals surface area contributed by atoms with Gasteiger partial charge in [-0.3, -0.25) is 9.59 Å². The molecule has 3 aromatic rings. The Morgan fingerprint density at radius 3 is 2.69 bits per heavy atom. The highest BCUT2D eigenvalue weighted by atomic mass is 35.5. The van der Waals surface area contributed by atoms with Gasteiger partial charge in [0.2, 0.25) is 5.91 Å². The van der Waals surface area contributed by atoms with Crippen LogP contribution in [0.5, 0.6) is 0 Å². The molecule has 1 amide bonds. The maximum atomic E-state index is 14.1. The number of benzene rings is 2. The Labute approximate surface area is 191 Å². The number of nitrogens with zero attached hydrogens (tertiary/aromatic N) is 2. The zero-order valence-electron chi connectivity index (χ0n) is 18.2. The molecule has 1 aliphatic carbocycles. The average Bonchev–Trinajstić information content (AvgIpc) is 3.07. The number of fused-ring (bicyclic) bond motifs is 3. The lowest BCUT2D eigenvalue weighted by Gasteiger charge is -2.32. The quantitative estimate of drug-likeness (QED) is 0.511. The number of halogens is 2. The highest BCUT2D eigenvalue weighted by Crippen LogP contribution is 2.34. The normalized spacial score (nSPS) is 15.4. The Bertz CT molecular complexity index is 1160. The summed E-state index contributed by atoms with van der Waals surface area (Å²) in [5, 5.41) is 1.44. The molecule has 0 saturated carbocycles. The second-order valence-electron chi connectivity index (χ2n) is 8.18. The first-order valence-electron chi connectivity index (χ1n) is 10.8. The van der Waals surface area contributed by atoms with E-state index in [0.717, 1.165) is 34.1 Å². The van der Waals surface area contributed by atoms with E-state index in [0.29, 0.717) is 30.9 Å². The number of likely N-dealkylation sites (N-methyl/N-ethyl adjacent to an activating group) is 1. The monoisotopic (exact) mass is 456 g/mol. The van der Waals surface area contributed by atoms with Crippen molar-refractivity contribution in [3.05, 3.63) is 70.1 Å². The van der Waals surface area contributed by atoms with E-state index in [1.165, 1.54) is 12.1 Å². The van der Waals surface area contributed by atoms with Crippen LogP contribution in [0.2, 0.25) is 5.02 Å². The van der Waals surface area contributed by atoms with Crippen LogP contribution in [0, 0.1) is 5.82 Å². The number of amides is 1. The van der Waals surface area contributed by atoms with Gasteiger partial charge >= 0.3 is 5.97 Å². The van der Waals surface area contributed by atoms with Gasteiger partial charge in [0.25, 0.3) is 0 Å². The lowest BCUT2D eigenvalue weighted by atomic mass is 9.90. The van der Waals surface area contributed by atoms with Gasteiger partial charge in [0.15, 0.2) is 0 Å². The number of carbonyl (C=O) groups excluding carboxylic acids is 2. The van der Waals surface area contributed by atoms with Crippen LogP contribution in [0.1, 0.15) is 30.2 Å².